The molecule has 1 saturated carbocycles. The molecule has 5 nitrogen and oxygen atoms in total. The van der Waals surface area contributed by atoms with Gasteiger partial charge in [0.2, 0.25) is 5.91 Å². The van der Waals surface area contributed by atoms with Gasteiger partial charge in [-0.1, -0.05) is 73.9 Å². The van der Waals surface area contributed by atoms with E-state index in [1.807, 2.05) is 42.5 Å². The zero-order chi connectivity index (χ0) is 23.0. The Balaban J connectivity index is 1.66. The van der Waals surface area contributed by atoms with E-state index in [-0.39, 0.29) is 23.6 Å². The van der Waals surface area contributed by atoms with Crippen molar-refractivity contribution in [1.29, 1.82) is 0 Å². The van der Waals surface area contributed by atoms with Crippen molar-refractivity contribution >= 4 is 11.8 Å². The van der Waals surface area contributed by atoms with Gasteiger partial charge in [-0.2, -0.15) is 0 Å². The first-order valence-corrected chi connectivity index (χ1v) is 11.9. The third kappa shape index (κ3) is 5.72. The van der Waals surface area contributed by atoms with Crippen LogP contribution in [0.25, 0.3) is 0 Å². The molecule has 0 unspecified atom stereocenters. The van der Waals surface area contributed by atoms with E-state index in [9.17, 15) is 9.59 Å². The van der Waals surface area contributed by atoms with Crippen molar-refractivity contribution in [2.45, 2.75) is 57.5 Å². The topological polar surface area (TPSA) is 62.6 Å². The highest BCUT2D eigenvalue weighted by molar-refractivity contribution is 5.96. The Morgan fingerprint density at radius 3 is 2.39 bits per heavy atom. The first-order valence-electron chi connectivity index (χ1n) is 11.9. The van der Waals surface area contributed by atoms with Crippen molar-refractivity contribution in [1.82, 2.24) is 10.2 Å². The molecule has 1 N–H and O–H groups in total. The number of carbonyl (C=O) groups excluding carboxylic acids is 2. The average molecular weight is 445 g/mol. The minimum Gasteiger partial charge on any atom is -0.459 e. The molecule has 1 aromatic heterocycles. The summed E-state index contributed by atoms with van der Waals surface area (Å²) in [5, 5.41) is 3.24. The van der Waals surface area contributed by atoms with Crippen LogP contribution in [0.3, 0.4) is 0 Å². The maximum atomic E-state index is 13.7. The fourth-order valence-electron chi connectivity index (χ4n) is 4.66. The average Bonchev–Trinajstić information content (AvgIpc) is 3.38. The molecule has 172 valence electrons. The van der Waals surface area contributed by atoms with Gasteiger partial charge in [0.1, 0.15) is 6.04 Å². The number of nitrogens with zero attached hydrogens (tertiary/aromatic N) is 1. The molecular formula is C28H32N2O3. The Labute approximate surface area is 195 Å². The Morgan fingerprint density at radius 1 is 0.970 bits per heavy atom. The van der Waals surface area contributed by atoms with Gasteiger partial charge >= 0.3 is 0 Å². The van der Waals surface area contributed by atoms with Crippen molar-refractivity contribution in [2.24, 2.45) is 0 Å². The molecule has 2 aromatic carbocycles. The van der Waals surface area contributed by atoms with Crippen molar-refractivity contribution in [3.63, 3.8) is 0 Å². The molecule has 3 aromatic rings. The highest BCUT2D eigenvalue weighted by Gasteiger charge is 2.34. The smallest absolute Gasteiger partial charge is 0.290 e. The summed E-state index contributed by atoms with van der Waals surface area (Å²) in [6.45, 7) is 2.47. The largest absolute Gasteiger partial charge is 0.459 e. The lowest BCUT2D eigenvalue weighted by molar-refractivity contribution is -0.126. The molecule has 4 rings (SSSR count). The monoisotopic (exact) mass is 444 g/mol. The maximum Gasteiger partial charge on any atom is 0.290 e. The quantitative estimate of drug-likeness (QED) is 0.502. The van der Waals surface area contributed by atoms with Gasteiger partial charge in [-0.25, -0.2) is 0 Å². The SMILES string of the molecule is Cc1ccccc1CCN(C(=O)c1ccco1)[C@@H](C(=O)NC1CCCCC1)c1ccccc1. The summed E-state index contributed by atoms with van der Waals surface area (Å²) in [7, 11) is 0. The lowest BCUT2D eigenvalue weighted by Crippen LogP contribution is -2.47. The van der Waals surface area contributed by atoms with Crippen LogP contribution in [0.4, 0.5) is 0 Å². The molecule has 1 aliphatic rings. The number of nitrogens with one attached hydrogen (secondary N) is 1. The van der Waals surface area contributed by atoms with E-state index >= 15 is 0 Å². The van der Waals surface area contributed by atoms with Gasteiger partial charge in [0, 0.05) is 12.6 Å². The molecule has 0 radical (unpaired) electrons. The number of carbonyl (C=O) groups is 2. The van der Waals surface area contributed by atoms with Gasteiger partial charge in [0.15, 0.2) is 5.76 Å². The van der Waals surface area contributed by atoms with Gasteiger partial charge < -0.3 is 14.6 Å². The molecule has 1 heterocycles. The van der Waals surface area contributed by atoms with E-state index in [1.165, 1.54) is 18.2 Å². The minimum atomic E-state index is -0.727. The van der Waals surface area contributed by atoms with E-state index in [1.54, 1.807) is 17.0 Å². The van der Waals surface area contributed by atoms with Crippen LogP contribution in [0, 0.1) is 6.92 Å². The maximum absolute atomic E-state index is 13.7. The second-order valence-electron chi connectivity index (χ2n) is 8.81. The summed E-state index contributed by atoms with van der Waals surface area (Å²) in [6, 6.07) is 20.5. The fraction of sp³-hybridized carbons (Fsp3) is 0.357. The van der Waals surface area contributed by atoms with Gasteiger partial charge in [-0.3, -0.25) is 9.59 Å². The zero-order valence-electron chi connectivity index (χ0n) is 19.2. The first kappa shape index (κ1) is 22.8. The van der Waals surface area contributed by atoms with Crippen LogP contribution in [0.5, 0.6) is 0 Å². The molecule has 0 saturated heterocycles. The van der Waals surface area contributed by atoms with Crippen molar-refractivity contribution < 1.29 is 14.0 Å². The number of aryl methyl sites for hydroxylation is 1. The second-order valence-corrected chi connectivity index (χ2v) is 8.81. The Kier molecular flexibility index (Phi) is 7.61. The predicted molar refractivity (Wildman–Crippen MR) is 129 cm³/mol. The van der Waals surface area contributed by atoms with Gasteiger partial charge in [0.25, 0.3) is 5.91 Å². The molecule has 33 heavy (non-hydrogen) atoms. The second kappa shape index (κ2) is 11.0. The molecular weight excluding hydrogens is 412 g/mol. The highest BCUT2D eigenvalue weighted by atomic mass is 16.3. The third-order valence-corrected chi connectivity index (χ3v) is 6.50. The molecule has 5 heteroatoms. The van der Waals surface area contributed by atoms with E-state index < -0.39 is 6.04 Å². The predicted octanol–water partition coefficient (Wildman–Crippen LogP) is 5.46. The van der Waals surface area contributed by atoms with Crippen molar-refractivity contribution in [3.8, 4) is 0 Å². The lowest BCUT2D eigenvalue weighted by Gasteiger charge is -2.33. The Hall–Kier alpha value is -3.34. The van der Waals surface area contributed by atoms with Crippen LogP contribution < -0.4 is 5.32 Å². The van der Waals surface area contributed by atoms with Crippen LogP contribution in [0.2, 0.25) is 0 Å². The minimum absolute atomic E-state index is 0.127. The van der Waals surface area contributed by atoms with E-state index in [0.29, 0.717) is 13.0 Å². The highest BCUT2D eigenvalue weighted by Crippen LogP contribution is 2.26. The summed E-state index contributed by atoms with van der Waals surface area (Å²) >= 11 is 0. The Morgan fingerprint density at radius 2 is 1.70 bits per heavy atom. The lowest BCUT2D eigenvalue weighted by atomic mass is 9.94. The molecule has 0 spiro atoms. The summed E-state index contributed by atoms with van der Waals surface area (Å²) < 4.78 is 5.44. The van der Waals surface area contributed by atoms with Crippen molar-refractivity contribution in [2.75, 3.05) is 6.54 Å². The van der Waals surface area contributed by atoms with Gasteiger partial charge in [-0.15, -0.1) is 0 Å². The number of furan rings is 1. The Bertz CT molecular complexity index is 1040. The van der Waals surface area contributed by atoms with Crippen molar-refractivity contribution in [3.05, 3.63) is 95.4 Å². The molecule has 2 amide bonds. The first-order chi connectivity index (χ1) is 16.1. The summed E-state index contributed by atoms with van der Waals surface area (Å²) in [4.78, 5) is 28.9. The van der Waals surface area contributed by atoms with Gasteiger partial charge in [-0.05, 0) is 55.0 Å². The summed E-state index contributed by atoms with van der Waals surface area (Å²) in [5.74, 6) is -0.162. The number of hydrogen-bond acceptors (Lipinski definition) is 3. The molecule has 0 aliphatic heterocycles. The van der Waals surface area contributed by atoms with Crippen LogP contribution in [-0.4, -0.2) is 29.3 Å². The molecule has 1 aliphatic carbocycles. The van der Waals surface area contributed by atoms with E-state index in [0.717, 1.165) is 36.8 Å². The third-order valence-electron chi connectivity index (χ3n) is 6.50. The van der Waals surface area contributed by atoms with E-state index in [2.05, 4.69) is 24.4 Å². The fourth-order valence-corrected chi connectivity index (χ4v) is 4.66. The molecule has 1 fully saturated rings. The van der Waals surface area contributed by atoms with Crippen LogP contribution in [0.1, 0.15) is 65.4 Å². The standard InChI is InChI=1S/C28H32N2O3/c1-21-11-8-9-12-22(21)18-19-30(28(32)25-17-10-20-33-25)26(23-13-4-2-5-14-23)27(31)29-24-15-6-3-7-16-24/h2,4-5,8-14,17,20,24,26H,3,6-7,15-16,18-19H2,1H3,(H,29,31)/t26-/m1/s1. The number of hydrogen-bond donors (Lipinski definition) is 1. The van der Waals surface area contributed by atoms with Crippen LogP contribution in [-0.2, 0) is 11.2 Å². The summed E-state index contributed by atoms with van der Waals surface area (Å²) in [6.07, 6.45) is 7.59. The molecule has 1 atom stereocenters. The van der Waals surface area contributed by atoms with Crippen LogP contribution in [0.15, 0.2) is 77.4 Å². The van der Waals surface area contributed by atoms with Gasteiger partial charge in [0.05, 0.1) is 6.26 Å². The summed E-state index contributed by atoms with van der Waals surface area (Å²) in [5.41, 5.74) is 3.13. The number of benzene rings is 2. The number of amides is 2. The zero-order valence-corrected chi connectivity index (χ0v) is 19.2. The normalized spacial score (nSPS) is 15.1. The number of rotatable bonds is 8. The van der Waals surface area contributed by atoms with Crippen LogP contribution >= 0.6 is 0 Å². The molecule has 0 bridgehead atoms. The van der Waals surface area contributed by atoms with E-state index in [4.69, 9.17) is 4.42 Å².